The standard InChI is InChI=1S/C24H44/c1-3-5-6-10-22-17-19-24(20-18-22)12-8-7-11-23-15-13-21(9-4-2)14-16-23/h6,10,21-24H,3-5,7-9,11-20H2,1-2H3. The number of unbranched alkanes of at least 4 members (excludes halogenated alkanes) is 2. The molecule has 0 heteroatoms. The molecule has 0 aliphatic heterocycles. The number of hydrogen-bond acceptors (Lipinski definition) is 0. The fourth-order valence-electron chi connectivity index (χ4n) is 5.21. The van der Waals surface area contributed by atoms with Crippen molar-refractivity contribution >= 4 is 0 Å². The lowest BCUT2D eigenvalue weighted by molar-refractivity contribution is 0.242. The Kier molecular flexibility index (Phi) is 10.2. The molecule has 0 unspecified atom stereocenters. The molecule has 0 aromatic carbocycles. The first-order valence-electron chi connectivity index (χ1n) is 11.5. The molecule has 0 spiro atoms. The first-order chi connectivity index (χ1) is 11.8. The molecule has 2 fully saturated rings. The topological polar surface area (TPSA) is 0 Å². The molecule has 24 heavy (non-hydrogen) atoms. The molecule has 140 valence electrons. The SMILES string of the molecule is CCCC=CC1CCC(CCCCC2CCC(CCC)CC2)CC1. The van der Waals surface area contributed by atoms with Gasteiger partial charge in [0.1, 0.15) is 0 Å². The van der Waals surface area contributed by atoms with Crippen molar-refractivity contribution in [2.75, 3.05) is 0 Å². The minimum atomic E-state index is 0.908. The highest BCUT2D eigenvalue weighted by molar-refractivity contribution is 4.90. The van der Waals surface area contributed by atoms with Crippen LogP contribution in [0.5, 0.6) is 0 Å². The molecular weight excluding hydrogens is 288 g/mol. The third kappa shape index (κ3) is 7.75. The van der Waals surface area contributed by atoms with Crippen LogP contribution in [0.2, 0.25) is 0 Å². The van der Waals surface area contributed by atoms with E-state index in [1.54, 1.807) is 12.8 Å². The van der Waals surface area contributed by atoms with E-state index in [0.717, 1.165) is 23.7 Å². The second kappa shape index (κ2) is 12.2. The summed E-state index contributed by atoms with van der Waals surface area (Å²) in [5, 5.41) is 0. The van der Waals surface area contributed by atoms with Crippen LogP contribution >= 0.6 is 0 Å². The van der Waals surface area contributed by atoms with Gasteiger partial charge in [0.25, 0.3) is 0 Å². The summed E-state index contributed by atoms with van der Waals surface area (Å²) in [4.78, 5) is 0. The molecule has 0 atom stereocenters. The van der Waals surface area contributed by atoms with E-state index in [9.17, 15) is 0 Å². The molecule has 0 heterocycles. The van der Waals surface area contributed by atoms with Crippen molar-refractivity contribution in [1.29, 1.82) is 0 Å². The van der Waals surface area contributed by atoms with Crippen LogP contribution in [0.25, 0.3) is 0 Å². The summed E-state index contributed by atoms with van der Waals surface area (Å²) in [6, 6.07) is 0. The van der Waals surface area contributed by atoms with Gasteiger partial charge in [0.15, 0.2) is 0 Å². The summed E-state index contributed by atoms with van der Waals surface area (Å²) in [5.41, 5.74) is 0. The summed E-state index contributed by atoms with van der Waals surface area (Å²) in [5.74, 6) is 4.12. The third-order valence-electron chi connectivity index (χ3n) is 6.89. The van der Waals surface area contributed by atoms with Crippen molar-refractivity contribution in [3.63, 3.8) is 0 Å². The smallest absolute Gasteiger partial charge is 0.0233 e. The van der Waals surface area contributed by atoms with Crippen molar-refractivity contribution in [3.8, 4) is 0 Å². The molecule has 0 saturated heterocycles. The van der Waals surface area contributed by atoms with Gasteiger partial charge in [-0.1, -0.05) is 96.6 Å². The van der Waals surface area contributed by atoms with Gasteiger partial charge in [0.05, 0.1) is 0 Å². The Labute approximate surface area is 152 Å². The molecule has 0 bridgehead atoms. The average Bonchev–Trinajstić information content (AvgIpc) is 2.62. The monoisotopic (exact) mass is 332 g/mol. The number of rotatable bonds is 10. The average molecular weight is 333 g/mol. The van der Waals surface area contributed by atoms with Crippen LogP contribution in [-0.2, 0) is 0 Å². The van der Waals surface area contributed by atoms with Gasteiger partial charge in [0, 0.05) is 0 Å². The zero-order chi connectivity index (χ0) is 17.0. The molecule has 0 nitrogen and oxygen atoms in total. The third-order valence-corrected chi connectivity index (χ3v) is 6.89. The Morgan fingerprint density at radius 2 is 1.12 bits per heavy atom. The summed E-state index contributed by atoms with van der Waals surface area (Å²) >= 11 is 0. The van der Waals surface area contributed by atoms with E-state index in [4.69, 9.17) is 0 Å². The lowest BCUT2D eigenvalue weighted by Crippen LogP contribution is -2.15. The van der Waals surface area contributed by atoms with Crippen LogP contribution in [0.1, 0.15) is 117 Å². The fourth-order valence-corrected chi connectivity index (χ4v) is 5.21. The van der Waals surface area contributed by atoms with E-state index in [-0.39, 0.29) is 0 Å². The molecule has 0 radical (unpaired) electrons. The molecule has 0 N–H and O–H groups in total. The van der Waals surface area contributed by atoms with Gasteiger partial charge in [-0.2, -0.15) is 0 Å². The van der Waals surface area contributed by atoms with Crippen molar-refractivity contribution in [2.24, 2.45) is 23.7 Å². The predicted octanol–water partition coefficient (Wildman–Crippen LogP) is 8.32. The minimum absolute atomic E-state index is 0.908. The molecular formula is C24H44. The maximum absolute atomic E-state index is 2.52. The molecule has 0 aromatic rings. The lowest BCUT2D eigenvalue weighted by Gasteiger charge is -2.29. The zero-order valence-corrected chi connectivity index (χ0v) is 16.8. The lowest BCUT2D eigenvalue weighted by atomic mass is 9.77. The van der Waals surface area contributed by atoms with E-state index >= 15 is 0 Å². The quantitative estimate of drug-likeness (QED) is 0.278. The Bertz CT molecular complexity index is 313. The van der Waals surface area contributed by atoms with E-state index in [1.165, 1.54) is 89.9 Å². The number of hydrogen-bond donors (Lipinski definition) is 0. The van der Waals surface area contributed by atoms with Crippen LogP contribution in [0, 0.1) is 23.7 Å². The van der Waals surface area contributed by atoms with Gasteiger partial charge >= 0.3 is 0 Å². The van der Waals surface area contributed by atoms with Crippen LogP contribution in [0.4, 0.5) is 0 Å². The fraction of sp³-hybridized carbons (Fsp3) is 0.917. The van der Waals surface area contributed by atoms with E-state index in [0.29, 0.717) is 0 Å². The van der Waals surface area contributed by atoms with Gasteiger partial charge in [-0.25, -0.2) is 0 Å². The second-order valence-electron chi connectivity index (χ2n) is 8.96. The molecule has 0 aromatic heterocycles. The summed E-state index contributed by atoms with van der Waals surface area (Å²) in [7, 11) is 0. The van der Waals surface area contributed by atoms with E-state index in [1.807, 2.05) is 0 Å². The van der Waals surface area contributed by atoms with Crippen molar-refractivity contribution in [1.82, 2.24) is 0 Å². The normalized spacial score (nSPS) is 31.6. The Morgan fingerprint density at radius 1 is 0.625 bits per heavy atom. The van der Waals surface area contributed by atoms with Crippen LogP contribution < -0.4 is 0 Å². The maximum atomic E-state index is 2.52. The highest BCUT2D eigenvalue weighted by Crippen LogP contribution is 2.36. The van der Waals surface area contributed by atoms with Gasteiger partial charge in [-0.3, -0.25) is 0 Å². The first kappa shape index (κ1) is 20.1. The van der Waals surface area contributed by atoms with Crippen LogP contribution in [0.15, 0.2) is 12.2 Å². The van der Waals surface area contributed by atoms with E-state index in [2.05, 4.69) is 26.0 Å². The zero-order valence-electron chi connectivity index (χ0n) is 16.8. The Morgan fingerprint density at radius 3 is 1.62 bits per heavy atom. The molecule has 2 aliphatic rings. The van der Waals surface area contributed by atoms with Crippen molar-refractivity contribution < 1.29 is 0 Å². The molecule has 2 rings (SSSR count). The van der Waals surface area contributed by atoms with Crippen LogP contribution in [0.3, 0.4) is 0 Å². The largest absolute Gasteiger partial charge is 0.0883 e. The molecule has 2 saturated carbocycles. The highest BCUT2D eigenvalue weighted by atomic mass is 14.3. The Balaban J connectivity index is 1.47. The maximum Gasteiger partial charge on any atom is -0.0233 e. The minimum Gasteiger partial charge on any atom is -0.0883 e. The number of allylic oxidation sites excluding steroid dienone is 2. The highest BCUT2D eigenvalue weighted by Gasteiger charge is 2.21. The van der Waals surface area contributed by atoms with Gasteiger partial charge in [-0.15, -0.1) is 0 Å². The van der Waals surface area contributed by atoms with Crippen molar-refractivity contribution in [2.45, 2.75) is 117 Å². The van der Waals surface area contributed by atoms with Crippen LogP contribution in [-0.4, -0.2) is 0 Å². The summed E-state index contributed by atoms with van der Waals surface area (Å²) in [6.45, 7) is 4.62. The molecule has 0 amide bonds. The van der Waals surface area contributed by atoms with Gasteiger partial charge in [-0.05, 0) is 55.8 Å². The van der Waals surface area contributed by atoms with E-state index < -0.39 is 0 Å². The predicted molar refractivity (Wildman–Crippen MR) is 108 cm³/mol. The molecule has 2 aliphatic carbocycles. The second-order valence-corrected chi connectivity index (χ2v) is 8.96. The first-order valence-corrected chi connectivity index (χ1v) is 11.5. The van der Waals surface area contributed by atoms with Gasteiger partial charge < -0.3 is 0 Å². The van der Waals surface area contributed by atoms with Crippen molar-refractivity contribution in [3.05, 3.63) is 12.2 Å². The summed E-state index contributed by atoms with van der Waals surface area (Å²) in [6.07, 6.45) is 28.6. The Hall–Kier alpha value is -0.260. The van der Waals surface area contributed by atoms with Gasteiger partial charge in [0.2, 0.25) is 0 Å². The summed E-state index contributed by atoms with van der Waals surface area (Å²) < 4.78 is 0.